The van der Waals surface area contributed by atoms with E-state index in [1.807, 2.05) is 13.2 Å². The summed E-state index contributed by atoms with van der Waals surface area (Å²) in [7, 11) is -2.04. The van der Waals surface area contributed by atoms with Gasteiger partial charge in [-0.1, -0.05) is 6.92 Å². The van der Waals surface area contributed by atoms with Gasteiger partial charge in [-0.05, 0) is 34.7 Å². The van der Waals surface area contributed by atoms with Crippen LogP contribution in [0.15, 0.2) is 21.6 Å². The summed E-state index contributed by atoms with van der Waals surface area (Å²) in [5, 5.41) is 0. The van der Waals surface area contributed by atoms with E-state index in [9.17, 15) is 8.42 Å². The fourth-order valence-corrected chi connectivity index (χ4v) is 4.60. The van der Waals surface area contributed by atoms with Gasteiger partial charge >= 0.3 is 0 Å². The van der Waals surface area contributed by atoms with Crippen LogP contribution in [0.2, 0.25) is 0 Å². The van der Waals surface area contributed by atoms with Crippen molar-refractivity contribution >= 4 is 43.5 Å². The first-order valence-electron chi connectivity index (χ1n) is 5.72. The molecule has 8 heteroatoms. The number of nitrogens with two attached hydrogens (primary N) is 1. The summed E-state index contributed by atoms with van der Waals surface area (Å²) in [5.74, 6) is 0.766. The third-order valence-corrected chi connectivity index (χ3v) is 5.94. The molecule has 0 aromatic carbocycles. The fourth-order valence-electron chi connectivity index (χ4n) is 1.66. The van der Waals surface area contributed by atoms with Crippen LogP contribution >= 0.6 is 27.7 Å². The predicted octanol–water partition coefficient (Wildman–Crippen LogP) is 2.19. The minimum Gasteiger partial charge on any atom is -0.383 e. The molecule has 1 atom stereocenters. The van der Waals surface area contributed by atoms with Crippen molar-refractivity contribution in [1.29, 1.82) is 0 Å². The summed E-state index contributed by atoms with van der Waals surface area (Å²) >= 11 is 4.84. The lowest BCUT2D eigenvalue weighted by Crippen LogP contribution is -2.38. The Bertz CT molecular complexity index is 537. The number of nitrogen functional groups attached to an aromatic ring is 1. The first-order chi connectivity index (χ1) is 8.84. The van der Waals surface area contributed by atoms with Gasteiger partial charge in [-0.2, -0.15) is 16.1 Å². The van der Waals surface area contributed by atoms with E-state index >= 15 is 0 Å². The van der Waals surface area contributed by atoms with Crippen molar-refractivity contribution in [2.75, 3.05) is 24.8 Å². The molecule has 19 heavy (non-hydrogen) atoms. The molecule has 0 saturated heterocycles. The Kier molecular flexibility index (Phi) is 6.10. The molecule has 0 saturated carbocycles. The molecule has 0 radical (unpaired) electrons. The van der Waals surface area contributed by atoms with Crippen LogP contribution in [0.4, 0.5) is 5.82 Å². The highest BCUT2D eigenvalue weighted by Crippen LogP contribution is 2.25. The van der Waals surface area contributed by atoms with Gasteiger partial charge in [0.2, 0.25) is 10.0 Å². The molecule has 0 spiro atoms. The number of thioether (sulfide) groups is 1. The highest BCUT2D eigenvalue weighted by atomic mass is 79.9. The summed E-state index contributed by atoms with van der Waals surface area (Å²) in [4.78, 5) is 3.92. The number of hydrogen-bond acceptors (Lipinski definition) is 5. The van der Waals surface area contributed by atoms with E-state index < -0.39 is 10.0 Å². The number of nitrogens with zero attached hydrogens (tertiary/aromatic N) is 2. The maximum absolute atomic E-state index is 12.6. The second-order valence-corrected chi connectivity index (χ2v) is 7.87. The van der Waals surface area contributed by atoms with Gasteiger partial charge in [-0.3, -0.25) is 0 Å². The highest BCUT2D eigenvalue weighted by molar-refractivity contribution is 9.10. The lowest BCUT2D eigenvalue weighted by molar-refractivity contribution is 0.385. The largest absolute Gasteiger partial charge is 0.383 e. The van der Waals surface area contributed by atoms with Crippen LogP contribution in [-0.2, 0) is 10.0 Å². The topological polar surface area (TPSA) is 76.3 Å². The van der Waals surface area contributed by atoms with Crippen molar-refractivity contribution in [3.8, 4) is 0 Å². The molecule has 1 unspecified atom stereocenters. The van der Waals surface area contributed by atoms with E-state index in [1.165, 1.54) is 16.6 Å². The van der Waals surface area contributed by atoms with Gasteiger partial charge in [0, 0.05) is 29.5 Å². The van der Waals surface area contributed by atoms with E-state index in [0.717, 1.165) is 12.2 Å². The van der Waals surface area contributed by atoms with Crippen molar-refractivity contribution < 1.29 is 8.42 Å². The molecule has 0 aliphatic carbocycles. The number of sulfonamides is 1. The zero-order valence-corrected chi connectivity index (χ0v) is 14.3. The smallest absolute Gasteiger partial charge is 0.246 e. The third-order valence-electron chi connectivity index (χ3n) is 2.85. The van der Waals surface area contributed by atoms with Gasteiger partial charge in [-0.15, -0.1) is 0 Å². The van der Waals surface area contributed by atoms with Gasteiger partial charge in [0.15, 0.2) is 0 Å². The molecule has 1 rings (SSSR count). The molecular formula is C11H18BrN3O2S2. The highest BCUT2D eigenvalue weighted by Gasteiger charge is 2.29. The number of hydrogen-bond donors (Lipinski definition) is 1. The number of aromatic nitrogens is 1. The Labute approximate surface area is 127 Å². The molecule has 5 nitrogen and oxygen atoms in total. The first kappa shape index (κ1) is 16.7. The maximum Gasteiger partial charge on any atom is 0.246 e. The zero-order chi connectivity index (χ0) is 14.6. The van der Waals surface area contributed by atoms with Crippen LogP contribution in [0, 0.1) is 0 Å². The van der Waals surface area contributed by atoms with Crippen LogP contribution in [0.25, 0.3) is 0 Å². The molecule has 1 aromatic heterocycles. The number of halogens is 1. The van der Waals surface area contributed by atoms with Gasteiger partial charge in [0.25, 0.3) is 0 Å². The Hall–Kier alpha value is -0.310. The minimum absolute atomic E-state index is 0.0223. The molecule has 0 aliphatic rings. The Morgan fingerprint density at radius 2 is 2.21 bits per heavy atom. The van der Waals surface area contributed by atoms with Crippen LogP contribution < -0.4 is 5.73 Å². The average molecular weight is 368 g/mol. The lowest BCUT2D eigenvalue weighted by Gasteiger charge is -2.26. The van der Waals surface area contributed by atoms with Crippen LogP contribution in [0.3, 0.4) is 0 Å². The molecule has 0 fully saturated rings. The molecular weight excluding hydrogens is 350 g/mol. The second kappa shape index (κ2) is 6.92. The van der Waals surface area contributed by atoms with Crippen molar-refractivity contribution in [3.63, 3.8) is 0 Å². The van der Waals surface area contributed by atoms with E-state index in [4.69, 9.17) is 5.73 Å². The Morgan fingerprint density at radius 3 is 2.74 bits per heavy atom. The van der Waals surface area contributed by atoms with Crippen molar-refractivity contribution in [2.45, 2.75) is 24.3 Å². The van der Waals surface area contributed by atoms with E-state index in [-0.39, 0.29) is 16.8 Å². The Balaban J connectivity index is 3.19. The van der Waals surface area contributed by atoms with Gasteiger partial charge in [0.1, 0.15) is 10.7 Å². The standard InChI is InChI=1S/C11H18BrN3O2S2/c1-4-9(7-18-3)15(2)19(16,17)10-5-8(12)6-14-11(10)13/h5-6,9H,4,7H2,1-3H3,(H2,13,14). The third kappa shape index (κ3) is 3.84. The van der Waals surface area contributed by atoms with Crippen molar-refractivity contribution in [1.82, 2.24) is 9.29 Å². The summed E-state index contributed by atoms with van der Waals surface area (Å²) < 4.78 is 27.1. The molecule has 0 bridgehead atoms. The number of rotatable bonds is 6. The molecule has 0 aliphatic heterocycles. The quantitative estimate of drug-likeness (QED) is 0.833. The second-order valence-electron chi connectivity index (χ2n) is 4.08. The van der Waals surface area contributed by atoms with E-state index in [2.05, 4.69) is 20.9 Å². The predicted molar refractivity (Wildman–Crippen MR) is 83.8 cm³/mol. The minimum atomic E-state index is -3.62. The molecule has 1 heterocycles. The van der Waals surface area contributed by atoms with Gasteiger partial charge in [-0.25, -0.2) is 13.4 Å². The fraction of sp³-hybridized carbons (Fsp3) is 0.545. The maximum atomic E-state index is 12.6. The average Bonchev–Trinajstić information content (AvgIpc) is 2.37. The molecule has 0 amide bonds. The van der Waals surface area contributed by atoms with Crippen LogP contribution in [0.1, 0.15) is 13.3 Å². The summed E-state index contributed by atoms with van der Waals surface area (Å²) in [6.07, 6.45) is 4.18. The van der Waals surface area contributed by atoms with E-state index in [0.29, 0.717) is 4.47 Å². The summed E-state index contributed by atoms with van der Waals surface area (Å²) in [5.41, 5.74) is 5.69. The number of anilines is 1. The molecule has 2 N–H and O–H groups in total. The monoisotopic (exact) mass is 367 g/mol. The lowest BCUT2D eigenvalue weighted by atomic mass is 10.3. The zero-order valence-electron chi connectivity index (χ0n) is 11.1. The SMILES string of the molecule is CCC(CSC)N(C)S(=O)(=O)c1cc(Br)cnc1N. The van der Waals surface area contributed by atoms with Gasteiger partial charge < -0.3 is 5.73 Å². The summed E-state index contributed by atoms with van der Waals surface area (Å²) in [6.45, 7) is 1.97. The summed E-state index contributed by atoms with van der Waals surface area (Å²) in [6, 6.07) is 1.43. The molecule has 108 valence electrons. The normalized spacial score (nSPS) is 13.7. The Morgan fingerprint density at radius 1 is 1.58 bits per heavy atom. The first-order valence-corrected chi connectivity index (χ1v) is 9.35. The van der Waals surface area contributed by atoms with Gasteiger partial charge in [0.05, 0.1) is 0 Å². The van der Waals surface area contributed by atoms with Crippen LogP contribution in [-0.4, -0.2) is 42.8 Å². The van der Waals surface area contributed by atoms with Crippen molar-refractivity contribution in [2.24, 2.45) is 0 Å². The van der Waals surface area contributed by atoms with Crippen molar-refractivity contribution in [3.05, 3.63) is 16.7 Å². The van der Waals surface area contributed by atoms with Crippen LogP contribution in [0.5, 0.6) is 0 Å². The molecule has 1 aromatic rings. The number of pyridine rings is 1. The van der Waals surface area contributed by atoms with E-state index in [1.54, 1.807) is 18.8 Å².